The number of aromatic nitrogens is 1. The van der Waals surface area contributed by atoms with Crippen molar-refractivity contribution < 1.29 is 22.7 Å². The number of benzene rings is 2. The number of nitrogens with zero attached hydrogens (tertiary/aromatic N) is 3. The first-order valence-corrected chi connectivity index (χ1v) is 13.4. The number of thiazole rings is 1. The molecule has 2 heterocycles. The summed E-state index contributed by atoms with van der Waals surface area (Å²) < 4.78 is 36.2. The summed E-state index contributed by atoms with van der Waals surface area (Å²) in [6.45, 7) is 6.00. The van der Waals surface area contributed by atoms with Gasteiger partial charge in [-0.2, -0.15) is 0 Å². The molecule has 0 saturated carbocycles. The standard InChI is InChI=1S/C23H27N3O5S2/c1-15(2)31-20-8-6-17(33(4,28)29)14-18(20)22(27)25-9-11-26(12-10-25)23-24-19-7-5-16(30-3)13-21(19)32-23/h5-8,13-15H,9-12H2,1-4H3. The van der Waals surface area contributed by atoms with Gasteiger partial charge in [-0.05, 0) is 50.2 Å². The maximum absolute atomic E-state index is 13.3. The summed E-state index contributed by atoms with van der Waals surface area (Å²) in [5, 5.41) is 0.910. The molecule has 3 aromatic rings. The van der Waals surface area contributed by atoms with Crippen LogP contribution in [0.25, 0.3) is 10.2 Å². The van der Waals surface area contributed by atoms with Crippen molar-refractivity contribution in [2.45, 2.75) is 24.8 Å². The smallest absolute Gasteiger partial charge is 0.257 e. The number of hydrogen-bond donors (Lipinski definition) is 0. The Bertz CT molecular complexity index is 1280. The zero-order chi connectivity index (χ0) is 23.8. The van der Waals surface area contributed by atoms with E-state index in [1.165, 1.54) is 12.1 Å². The molecule has 1 amide bonds. The number of hydrogen-bond acceptors (Lipinski definition) is 8. The summed E-state index contributed by atoms with van der Waals surface area (Å²) in [6.07, 6.45) is 0.987. The first-order valence-electron chi connectivity index (χ1n) is 10.7. The molecule has 1 fully saturated rings. The number of piperazine rings is 1. The molecule has 8 nitrogen and oxygen atoms in total. The van der Waals surface area contributed by atoms with Crippen LogP contribution in [0.1, 0.15) is 24.2 Å². The highest BCUT2D eigenvalue weighted by Crippen LogP contribution is 2.32. The predicted octanol–water partition coefficient (Wildman–Crippen LogP) is 3.46. The van der Waals surface area contributed by atoms with Crippen molar-refractivity contribution >= 4 is 42.4 Å². The van der Waals surface area contributed by atoms with Crippen molar-refractivity contribution in [1.29, 1.82) is 0 Å². The fourth-order valence-corrected chi connectivity index (χ4v) is 5.38. The molecule has 0 aliphatic carbocycles. The molecule has 0 radical (unpaired) electrons. The van der Waals surface area contributed by atoms with Crippen LogP contribution >= 0.6 is 11.3 Å². The molecule has 0 bridgehead atoms. The molecule has 1 saturated heterocycles. The van der Waals surface area contributed by atoms with Gasteiger partial charge in [0.1, 0.15) is 11.5 Å². The summed E-state index contributed by atoms with van der Waals surface area (Å²) in [5.41, 5.74) is 1.19. The van der Waals surface area contributed by atoms with Crippen molar-refractivity contribution in [2.24, 2.45) is 0 Å². The number of anilines is 1. The van der Waals surface area contributed by atoms with Crippen LogP contribution in [0.3, 0.4) is 0 Å². The summed E-state index contributed by atoms with van der Waals surface area (Å²) >= 11 is 1.60. The Labute approximate surface area is 197 Å². The minimum atomic E-state index is -3.45. The summed E-state index contributed by atoms with van der Waals surface area (Å²) in [6, 6.07) is 10.3. The van der Waals surface area contributed by atoms with Gasteiger partial charge in [-0.1, -0.05) is 11.3 Å². The van der Waals surface area contributed by atoms with E-state index in [2.05, 4.69) is 4.90 Å². The normalized spacial score (nSPS) is 14.7. The fraction of sp³-hybridized carbons (Fsp3) is 0.391. The third-order valence-corrected chi connectivity index (χ3v) is 7.58. The van der Waals surface area contributed by atoms with Gasteiger partial charge in [0, 0.05) is 32.4 Å². The zero-order valence-electron chi connectivity index (χ0n) is 19.1. The van der Waals surface area contributed by atoms with Gasteiger partial charge in [0.2, 0.25) is 0 Å². The van der Waals surface area contributed by atoms with E-state index in [1.54, 1.807) is 29.4 Å². The van der Waals surface area contributed by atoms with E-state index in [4.69, 9.17) is 14.5 Å². The minimum Gasteiger partial charge on any atom is -0.497 e. The van der Waals surface area contributed by atoms with Gasteiger partial charge in [0.15, 0.2) is 15.0 Å². The Morgan fingerprint density at radius 1 is 1.09 bits per heavy atom. The molecule has 0 unspecified atom stereocenters. The SMILES string of the molecule is COc1ccc2nc(N3CCN(C(=O)c4cc(S(C)(=O)=O)ccc4OC(C)C)CC3)sc2c1. The molecule has 0 spiro atoms. The minimum absolute atomic E-state index is 0.102. The number of sulfone groups is 1. The molecule has 33 heavy (non-hydrogen) atoms. The predicted molar refractivity (Wildman–Crippen MR) is 130 cm³/mol. The summed E-state index contributed by atoms with van der Waals surface area (Å²) in [7, 11) is -1.81. The van der Waals surface area contributed by atoms with E-state index in [0.29, 0.717) is 31.9 Å². The average molecular weight is 490 g/mol. The number of carbonyl (C=O) groups is 1. The lowest BCUT2D eigenvalue weighted by molar-refractivity contribution is 0.0740. The maximum Gasteiger partial charge on any atom is 0.257 e. The number of amides is 1. The number of methoxy groups -OCH3 is 1. The van der Waals surface area contributed by atoms with Crippen LogP contribution in [0.5, 0.6) is 11.5 Å². The molecule has 1 aliphatic heterocycles. The molecular formula is C23H27N3O5S2. The Kier molecular flexibility index (Phi) is 6.49. The lowest BCUT2D eigenvalue weighted by Gasteiger charge is -2.35. The molecule has 0 N–H and O–H groups in total. The molecule has 1 aromatic heterocycles. The van der Waals surface area contributed by atoms with Gasteiger partial charge in [0.25, 0.3) is 5.91 Å². The summed E-state index contributed by atoms with van der Waals surface area (Å²) in [4.78, 5) is 22.1. The van der Waals surface area contributed by atoms with Crippen molar-refractivity contribution in [3.05, 3.63) is 42.0 Å². The molecule has 176 valence electrons. The summed E-state index contributed by atoms with van der Waals surface area (Å²) in [5.74, 6) is 0.957. The van der Waals surface area contributed by atoms with Gasteiger partial charge in [-0.15, -0.1) is 0 Å². The highest BCUT2D eigenvalue weighted by Gasteiger charge is 2.27. The van der Waals surface area contributed by atoms with E-state index in [-0.39, 0.29) is 22.5 Å². The van der Waals surface area contributed by atoms with E-state index >= 15 is 0 Å². The van der Waals surface area contributed by atoms with Crippen LogP contribution < -0.4 is 14.4 Å². The molecule has 0 atom stereocenters. The van der Waals surface area contributed by atoms with Crippen molar-refractivity contribution in [3.63, 3.8) is 0 Å². The van der Waals surface area contributed by atoms with Gasteiger partial charge < -0.3 is 19.3 Å². The third kappa shape index (κ3) is 5.06. The number of fused-ring (bicyclic) bond motifs is 1. The van der Waals surface area contributed by atoms with E-state index in [9.17, 15) is 13.2 Å². The Morgan fingerprint density at radius 2 is 1.82 bits per heavy atom. The molecule has 10 heteroatoms. The highest BCUT2D eigenvalue weighted by molar-refractivity contribution is 7.90. The maximum atomic E-state index is 13.3. The molecule has 1 aliphatic rings. The van der Waals surface area contributed by atoms with Crippen molar-refractivity contribution in [1.82, 2.24) is 9.88 Å². The Hall–Kier alpha value is -2.85. The largest absolute Gasteiger partial charge is 0.497 e. The zero-order valence-corrected chi connectivity index (χ0v) is 20.7. The lowest BCUT2D eigenvalue weighted by atomic mass is 10.1. The van der Waals surface area contributed by atoms with Crippen LogP contribution in [-0.4, -0.2) is 69.9 Å². The van der Waals surface area contributed by atoms with Crippen molar-refractivity contribution in [3.8, 4) is 11.5 Å². The van der Waals surface area contributed by atoms with Crippen molar-refractivity contribution in [2.75, 3.05) is 44.4 Å². The van der Waals surface area contributed by atoms with Crippen LogP contribution in [0.2, 0.25) is 0 Å². The highest BCUT2D eigenvalue weighted by atomic mass is 32.2. The third-order valence-electron chi connectivity index (χ3n) is 5.39. The number of ether oxygens (including phenoxy) is 2. The number of carbonyl (C=O) groups excluding carboxylic acids is 1. The van der Waals surface area contributed by atoms with E-state index < -0.39 is 9.84 Å². The Morgan fingerprint density at radius 3 is 2.45 bits per heavy atom. The first kappa shape index (κ1) is 23.3. The fourth-order valence-electron chi connectivity index (χ4n) is 3.69. The van der Waals surface area contributed by atoms with Crippen LogP contribution in [0.4, 0.5) is 5.13 Å². The first-order chi connectivity index (χ1) is 15.7. The average Bonchev–Trinajstić information content (AvgIpc) is 3.21. The quantitative estimate of drug-likeness (QED) is 0.524. The Balaban J connectivity index is 1.52. The van der Waals surface area contributed by atoms with Crippen LogP contribution in [0, 0.1) is 0 Å². The van der Waals surface area contributed by atoms with Gasteiger partial charge >= 0.3 is 0 Å². The topological polar surface area (TPSA) is 89.0 Å². The van der Waals surface area contributed by atoms with E-state index in [0.717, 1.165) is 27.4 Å². The van der Waals surface area contributed by atoms with Gasteiger partial charge in [0.05, 0.1) is 33.9 Å². The van der Waals surface area contributed by atoms with E-state index in [1.807, 2.05) is 32.0 Å². The second kappa shape index (κ2) is 9.18. The molecular weight excluding hydrogens is 462 g/mol. The molecule has 2 aromatic carbocycles. The van der Waals surface area contributed by atoms with Gasteiger partial charge in [-0.3, -0.25) is 4.79 Å². The van der Waals surface area contributed by atoms with Gasteiger partial charge in [-0.25, -0.2) is 13.4 Å². The van der Waals surface area contributed by atoms with Crippen LogP contribution in [0.15, 0.2) is 41.3 Å². The monoisotopic (exact) mass is 489 g/mol. The lowest BCUT2D eigenvalue weighted by Crippen LogP contribution is -2.48. The second-order valence-electron chi connectivity index (χ2n) is 8.21. The second-order valence-corrected chi connectivity index (χ2v) is 11.2. The molecule has 4 rings (SSSR count). The number of rotatable bonds is 6. The van der Waals surface area contributed by atoms with Crippen LogP contribution in [-0.2, 0) is 9.84 Å².